The number of anilines is 2. The molecule has 8 N–H and O–H groups in total. The first-order valence-electron chi connectivity index (χ1n) is 14.6. The Morgan fingerprint density at radius 3 is 2.51 bits per heavy atom. The predicted molar refractivity (Wildman–Crippen MR) is 169 cm³/mol. The second kappa shape index (κ2) is 17.6. The molecule has 0 aliphatic carbocycles. The average Bonchev–Trinajstić information content (AvgIpc) is 3.00. The Kier molecular flexibility index (Phi) is 14.6. The molecule has 2 rings (SSSR count). The number of carbonyl (C=O) groups is 2. The number of benzene rings is 1. The second-order valence-corrected chi connectivity index (χ2v) is 11.3. The molecule has 14 heteroatoms. The molecule has 1 heterocycles. The van der Waals surface area contributed by atoms with Crippen molar-refractivity contribution < 1.29 is 44.2 Å². The summed E-state index contributed by atoms with van der Waals surface area (Å²) in [6, 6.07) is 1.21. The summed E-state index contributed by atoms with van der Waals surface area (Å²) in [5.41, 5.74) is 6.30. The highest BCUT2D eigenvalue weighted by Crippen LogP contribution is 2.43. The van der Waals surface area contributed by atoms with Crippen LogP contribution in [0.15, 0.2) is 46.7 Å². The van der Waals surface area contributed by atoms with Gasteiger partial charge < -0.3 is 51.0 Å². The number of nitroso groups, excluding NO2 is 1. The third kappa shape index (κ3) is 10.4. The first-order chi connectivity index (χ1) is 21.3. The van der Waals surface area contributed by atoms with Crippen LogP contribution in [0.1, 0.15) is 39.7 Å². The number of aliphatic hydroxyl groups is 3. The van der Waals surface area contributed by atoms with E-state index >= 15 is 0 Å². The van der Waals surface area contributed by atoms with Crippen molar-refractivity contribution in [1.29, 1.82) is 0 Å². The van der Waals surface area contributed by atoms with Gasteiger partial charge in [0.1, 0.15) is 17.5 Å². The van der Waals surface area contributed by atoms with Crippen molar-refractivity contribution in [2.45, 2.75) is 71.1 Å². The van der Waals surface area contributed by atoms with E-state index in [9.17, 15) is 34.9 Å². The number of phenols is 1. The van der Waals surface area contributed by atoms with E-state index in [1.165, 1.54) is 39.4 Å². The Balaban J connectivity index is 2.71. The number of hydrogen-bond donors (Lipinski definition) is 7. The van der Waals surface area contributed by atoms with Gasteiger partial charge in [-0.15, -0.1) is 4.91 Å². The van der Waals surface area contributed by atoms with E-state index in [1.807, 2.05) is 6.92 Å². The molecule has 1 aliphatic heterocycles. The molecule has 1 aromatic carbocycles. The number of allylic oxidation sites excluding steroid dienone is 2. The standard InChI is InChI=1S/C31H46N4O10/c1-16-10-21-26(33-14-20(37)15-36)22(35-42)13-23(28(21)39)34-30(40)17(2)8-7-9-24(43-5)29(45-31(32)41)19(4)12-18(3)27(38)25(11-16)44-6/h7-9,12-13,16,18,20,24-25,27,29,33,36-39H,10-11,14-15H2,1-6H3,(H2,32,41)(H,34,40)/b9-7-,17-8+,19-12+/t16-,18+,20?,24+,25+,27-,29+/m1/s1. The second-order valence-electron chi connectivity index (χ2n) is 11.3. The van der Waals surface area contributed by atoms with Gasteiger partial charge in [-0.1, -0.05) is 38.2 Å². The number of rotatable bonds is 8. The van der Waals surface area contributed by atoms with Crippen LogP contribution in [0.4, 0.5) is 21.9 Å². The maximum Gasteiger partial charge on any atom is 0.405 e. The Bertz CT molecular complexity index is 1280. The first kappa shape index (κ1) is 37.4. The lowest BCUT2D eigenvalue weighted by molar-refractivity contribution is -0.112. The van der Waals surface area contributed by atoms with E-state index in [1.54, 1.807) is 26.0 Å². The summed E-state index contributed by atoms with van der Waals surface area (Å²) >= 11 is 0. The number of hydrogen-bond acceptors (Lipinski definition) is 12. The smallest absolute Gasteiger partial charge is 0.405 e. The molecular weight excluding hydrogens is 588 g/mol. The molecule has 45 heavy (non-hydrogen) atoms. The summed E-state index contributed by atoms with van der Waals surface area (Å²) in [6.07, 6.45) is 1.18. The molecule has 1 aromatic rings. The quantitative estimate of drug-likeness (QED) is 0.125. The van der Waals surface area contributed by atoms with Crippen LogP contribution in [-0.2, 0) is 25.4 Å². The van der Waals surface area contributed by atoms with Crippen LogP contribution >= 0.6 is 0 Å². The molecule has 0 radical (unpaired) electrons. The third-order valence-corrected chi connectivity index (χ3v) is 7.65. The summed E-state index contributed by atoms with van der Waals surface area (Å²) < 4.78 is 16.6. The number of nitrogens with two attached hydrogens (primary N) is 1. The van der Waals surface area contributed by atoms with Crippen molar-refractivity contribution in [2.24, 2.45) is 22.7 Å². The van der Waals surface area contributed by atoms with Gasteiger partial charge in [0.05, 0.1) is 36.3 Å². The Labute approximate surface area is 262 Å². The highest BCUT2D eigenvalue weighted by Gasteiger charge is 2.30. The largest absolute Gasteiger partial charge is 0.505 e. The average molecular weight is 635 g/mol. The molecule has 0 spiro atoms. The molecule has 2 amide bonds. The molecule has 0 fully saturated rings. The number of aliphatic hydroxyl groups excluding tert-OH is 3. The number of phenolic OH excluding ortho intramolecular Hbond substituents is 1. The number of primary amides is 1. The summed E-state index contributed by atoms with van der Waals surface area (Å²) in [5, 5.41) is 50.4. The van der Waals surface area contributed by atoms with Gasteiger partial charge in [0.2, 0.25) is 0 Å². The number of nitrogens with zero attached hydrogens (tertiary/aromatic N) is 1. The lowest BCUT2D eigenvalue weighted by Crippen LogP contribution is -2.37. The van der Waals surface area contributed by atoms with Crippen molar-refractivity contribution >= 4 is 29.1 Å². The predicted octanol–water partition coefficient (Wildman–Crippen LogP) is 3.02. The highest BCUT2D eigenvalue weighted by atomic mass is 16.6. The molecule has 1 unspecified atom stereocenters. The van der Waals surface area contributed by atoms with Gasteiger partial charge in [0.15, 0.2) is 6.10 Å². The zero-order valence-electron chi connectivity index (χ0n) is 26.5. The molecule has 0 saturated carbocycles. The third-order valence-electron chi connectivity index (χ3n) is 7.65. The van der Waals surface area contributed by atoms with E-state index in [4.69, 9.17) is 19.9 Å². The van der Waals surface area contributed by atoms with E-state index in [0.29, 0.717) is 12.0 Å². The monoisotopic (exact) mass is 634 g/mol. The molecule has 0 saturated heterocycles. The van der Waals surface area contributed by atoms with Crippen molar-refractivity contribution in [1.82, 2.24) is 0 Å². The number of amides is 2. The summed E-state index contributed by atoms with van der Waals surface area (Å²) in [7, 11) is 2.88. The topological polar surface area (TPSA) is 222 Å². The van der Waals surface area contributed by atoms with Gasteiger partial charge in [-0.3, -0.25) is 4.79 Å². The van der Waals surface area contributed by atoms with Gasteiger partial charge in [-0.25, -0.2) is 4.79 Å². The lowest BCUT2D eigenvalue weighted by Gasteiger charge is -2.29. The molecule has 7 atom stereocenters. The Hall–Kier alpha value is -3.82. The van der Waals surface area contributed by atoms with Gasteiger partial charge in [-0.05, 0) is 49.4 Å². The number of carbonyl (C=O) groups excluding carboxylic acids is 2. The van der Waals surface area contributed by atoms with E-state index in [2.05, 4.69) is 15.8 Å². The fourth-order valence-corrected chi connectivity index (χ4v) is 5.16. The van der Waals surface area contributed by atoms with E-state index in [-0.39, 0.29) is 52.8 Å². The van der Waals surface area contributed by atoms with Crippen LogP contribution in [-0.4, -0.2) is 90.3 Å². The number of fused-ring (bicyclic) bond motifs is 2. The van der Waals surface area contributed by atoms with Crippen molar-refractivity contribution in [3.8, 4) is 5.75 Å². The highest BCUT2D eigenvalue weighted by molar-refractivity contribution is 6.05. The van der Waals surface area contributed by atoms with Gasteiger partial charge >= 0.3 is 6.09 Å². The van der Waals surface area contributed by atoms with Gasteiger partial charge in [0.25, 0.3) is 5.91 Å². The Morgan fingerprint density at radius 2 is 1.93 bits per heavy atom. The number of methoxy groups -OCH3 is 2. The maximum atomic E-state index is 13.1. The van der Waals surface area contributed by atoms with Gasteiger partial charge in [0, 0.05) is 37.8 Å². The van der Waals surface area contributed by atoms with Crippen LogP contribution in [0.5, 0.6) is 5.75 Å². The van der Waals surface area contributed by atoms with Crippen LogP contribution in [0, 0.1) is 16.7 Å². The van der Waals surface area contributed by atoms with Crippen molar-refractivity contribution in [2.75, 3.05) is 38.0 Å². The van der Waals surface area contributed by atoms with Crippen LogP contribution in [0.2, 0.25) is 0 Å². The maximum absolute atomic E-state index is 13.1. The van der Waals surface area contributed by atoms with E-state index < -0.39 is 55.0 Å². The normalized spacial score (nSPS) is 28.9. The zero-order valence-corrected chi connectivity index (χ0v) is 26.5. The molecule has 0 aromatic heterocycles. The van der Waals surface area contributed by atoms with Crippen LogP contribution < -0.4 is 16.4 Å². The van der Waals surface area contributed by atoms with Crippen molar-refractivity contribution in [3.63, 3.8) is 0 Å². The molecule has 14 nitrogen and oxygen atoms in total. The molecule has 250 valence electrons. The van der Waals surface area contributed by atoms with Crippen molar-refractivity contribution in [3.05, 3.63) is 52.0 Å². The number of nitrogens with one attached hydrogen (secondary N) is 2. The fourth-order valence-electron chi connectivity index (χ4n) is 5.16. The zero-order chi connectivity index (χ0) is 33.8. The lowest BCUT2D eigenvalue weighted by atomic mass is 9.87. The molecule has 2 bridgehead atoms. The molecule has 1 aliphatic rings. The van der Waals surface area contributed by atoms with Gasteiger partial charge in [-0.2, -0.15) is 0 Å². The summed E-state index contributed by atoms with van der Waals surface area (Å²) in [5.74, 6) is -1.66. The minimum absolute atomic E-state index is 0.0684. The van der Waals surface area contributed by atoms with Crippen LogP contribution in [0.3, 0.4) is 0 Å². The molecular formula is C31H46N4O10. The first-order valence-corrected chi connectivity index (χ1v) is 14.6. The summed E-state index contributed by atoms with van der Waals surface area (Å²) in [6.45, 7) is 6.20. The van der Waals surface area contributed by atoms with Crippen LogP contribution in [0.25, 0.3) is 0 Å². The minimum Gasteiger partial charge on any atom is -0.505 e. The Morgan fingerprint density at radius 1 is 1.24 bits per heavy atom. The fraction of sp³-hybridized carbons (Fsp3) is 0.548. The summed E-state index contributed by atoms with van der Waals surface area (Å²) in [4.78, 5) is 36.8. The SMILES string of the molecule is CO[C@H]1/C=C\C=C(/C)C(=O)Nc2cc(N=O)c(NCC(O)CO)c(c2O)C[C@@H](C)C[C@H](OC)[C@H](O)[C@@H](C)/C=C(\C)[C@@H]1OC(N)=O. The number of aromatic hydroxyl groups is 1. The minimum atomic E-state index is -1.16. The van der Waals surface area contributed by atoms with E-state index in [0.717, 1.165) is 0 Å². The number of ether oxygens (including phenoxy) is 3.